The largest absolute Gasteiger partial charge is 0.458 e. The molecule has 0 aromatic heterocycles. The number of benzene rings is 1. The van der Waals surface area contributed by atoms with Crippen molar-refractivity contribution in [1.29, 1.82) is 0 Å². The molecular weight excluding hydrogens is 470 g/mol. The number of rotatable bonds is 5. The summed E-state index contributed by atoms with van der Waals surface area (Å²) in [5, 5.41) is 0. The molecule has 3 fully saturated rings. The van der Waals surface area contributed by atoms with E-state index in [0.717, 1.165) is 23.5 Å². The Kier molecular flexibility index (Phi) is 7.20. The van der Waals surface area contributed by atoms with Gasteiger partial charge < -0.3 is 14.2 Å². The summed E-state index contributed by atoms with van der Waals surface area (Å²) in [5.74, 6) is 0.791. The van der Waals surface area contributed by atoms with E-state index in [0.29, 0.717) is 6.42 Å². The van der Waals surface area contributed by atoms with Gasteiger partial charge in [0.25, 0.3) is 0 Å². The van der Waals surface area contributed by atoms with Crippen molar-refractivity contribution >= 4 is 39.5 Å². The summed E-state index contributed by atoms with van der Waals surface area (Å²) in [4.78, 5) is 12.1. The first-order chi connectivity index (χ1) is 15.1. The van der Waals surface area contributed by atoms with Crippen molar-refractivity contribution in [2.75, 3.05) is 18.1 Å². The van der Waals surface area contributed by atoms with E-state index in [1.165, 1.54) is 11.2 Å². The second-order valence-electron chi connectivity index (χ2n) is 8.93. The molecule has 0 aliphatic carbocycles. The lowest BCUT2D eigenvalue weighted by Crippen LogP contribution is -2.62. The number of nitrogens with zero attached hydrogens (tertiary/aromatic N) is 1. The minimum absolute atomic E-state index is 0.0448. The van der Waals surface area contributed by atoms with Crippen LogP contribution in [0.5, 0.6) is 0 Å². The number of ether oxygens (including phenoxy) is 3. The fourth-order valence-corrected chi connectivity index (χ4v) is 9.16. The van der Waals surface area contributed by atoms with Crippen molar-refractivity contribution in [3.05, 3.63) is 29.8 Å². The minimum Gasteiger partial charge on any atom is -0.458 e. The smallest absolute Gasteiger partial charge is 0.303 e. The highest BCUT2D eigenvalue weighted by Crippen LogP contribution is 2.44. The average molecular weight is 502 g/mol. The van der Waals surface area contributed by atoms with Crippen LogP contribution in [0.15, 0.2) is 29.2 Å². The third-order valence-electron chi connectivity index (χ3n) is 5.91. The van der Waals surface area contributed by atoms with Crippen LogP contribution < -0.4 is 0 Å². The van der Waals surface area contributed by atoms with E-state index in [1.807, 2.05) is 44.3 Å². The van der Waals surface area contributed by atoms with Crippen LogP contribution in [0.25, 0.3) is 0 Å². The number of fused-ring (bicyclic) bond motifs is 1. The van der Waals surface area contributed by atoms with Gasteiger partial charge >= 0.3 is 5.97 Å². The van der Waals surface area contributed by atoms with Crippen molar-refractivity contribution < 1.29 is 27.4 Å². The lowest BCUT2D eigenvalue weighted by molar-refractivity contribution is -0.169. The van der Waals surface area contributed by atoms with Gasteiger partial charge in [-0.2, -0.15) is 4.31 Å². The number of thioether (sulfide) groups is 2. The van der Waals surface area contributed by atoms with Crippen LogP contribution in [0.3, 0.4) is 0 Å². The molecule has 3 aliphatic heterocycles. The Labute approximate surface area is 199 Å². The Morgan fingerprint density at radius 3 is 2.41 bits per heavy atom. The molecule has 3 saturated heterocycles. The van der Waals surface area contributed by atoms with Gasteiger partial charge in [-0.25, -0.2) is 8.42 Å². The second kappa shape index (κ2) is 9.46. The quantitative estimate of drug-likeness (QED) is 0.568. The highest BCUT2D eigenvalue weighted by atomic mass is 32.2. The van der Waals surface area contributed by atoms with Crippen LogP contribution in [0, 0.1) is 6.92 Å². The number of aryl methyl sites for hydroxylation is 1. The summed E-state index contributed by atoms with van der Waals surface area (Å²) in [6.45, 7) is 6.93. The van der Waals surface area contributed by atoms with E-state index >= 15 is 0 Å². The zero-order valence-electron chi connectivity index (χ0n) is 18.9. The molecular formula is C22H31NO6S3. The molecule has 3 heterocycles. The number of esters is 1. The lowest BCUT2D eigenvalue weighted by Gasteiger charge is -2.44. The SMILES string of the molecule is CC(=O)O[C@@H]1CN(S(=O)(=O)c2ccc(C)cc2)[C@H](CC2SCCCS2)[C@H]2OC(C)(C)O[C@@H]21. The molecule has 0 bridgehead atoms. The molecule has 0 radical (unpaired) electrons. The van der Waals surface area contributed by atoms with E-state index < -0.39 is 46.1 Å². The summed E-state index contributed by atoms with van der Waals surface area (Å²) in [6, 6.07) is 6.44. The Morgan fingerprint density at radius 1 is 1.16 bits per heavy atom. The molecule has 3 aliphatic rings. The highest BCUT2D eigenvalue weighted by Gasteiger charge is 2.57. The molecule has 4 atom stereocenters. The molecule has 0 spiro atoms. The molecule has 0 unspecified atom stereocenters. The summed E-state index contributed by atoms with van der Waals surface area (Å²) in [6.07, 6.45) is 0.0407. The van der Waals surface area contributed by atoms with Crippen molar-refractivity contribution in [2.45, 2.75) is 80.2 Å². The molecule has 4 rings (SSSR count). The Bertz CT molecular complexity index is 929. The highest BCUT2D eigenvalue weighted by molar-refractivity contribution is 8.17. The molecule has 0 amide bonds. The van der Waals surface area contributed by atoms with Gasteiger partial charge in [-0.3, -0.25) is 4.79 Å². The molecule has 1 aromatic rings. The van der Waals surface area contributed by atoms with Crippen molar-refractivity contribution in [2.24, 2.45) is 0 Å². The summed E-state index contributed by atoms with van der Waals surface area (Å²) in [7, 11) is -3.84. The van der Waals surface area contributed by atoms with Crippen LogP contribution in [-0.2, 0) is 29.0 Å². The first-order valence-corrected chi connectivity index (χ1v) is 14.5. The molecule has 0 saturated carbocycles. The van der Waals surface area contributed by atoms with Gasteiger partial charge in [0.1, 0.15) is 18.3 Å². The van der Waals surface area contributed by atoms with Crippen LogP contribution >= 0.6 is 23.5 Å². The predicted octanol–water partition coefficient (Wildman–Crippen LogP) is 3.41. The van der Waals surface area contributed by atoms with Gasteiger partial charge in [-0.15, -0.1) is 23.5 Å². The topological polar surface area (TPSA) is 82.1 Å². The third-order valence-corrected chi connectivity index (χ3v) is 10.8. The predicted molar refractivity (Wildman–Crippen MR) is 126 cm³/mol. The first-order valence-electron chi connectivity index (χ1n) is 10.9. The third kappa shape index (κ3) is 5.15. The van der Waals surface area contributed by atoms with Crippen LogP contribution in [-0.4, -0.2) is 71.5 Å². The zero-order valence-corrected chi connectivity index (χ0v) is 21.3. The standard InChI is InChI=1S/C22H31NO6S3/c1-14-6-8-16(9-7-14)32(25,26)23-13-18(27-15(2)24)21-20(28-22(3,4)29-21)17(23)12-19-30-10-5-11-31-19/h6-9,17-21H,5,10-13H2,1-4H3/t17-,18-,20-,21-/m1/s1. The normalized spacial score (nSPS) is 31.2. The minimum atomic E-state index is -3.84. The maximum absolute atomic E-state index is 13.8. The fourth-order valence-electron chi connectivity index (χ4n) is 4.54. The van der Waals surface area contributed by atoms with Crippen LogP contribution in [0.2, 0.25) is 0 Å². The maximum Gasteiger partial charge on any atom is 0.303 e. The Hall–Kier alpha value is -0.780. The van der Waals surface area contributed by atoms with E-state index in [9.17, 15) is 13.2 Å². The maximum atomic E-state index is 13.8. The molecule has 7 nitrogen and oxygen atoms in total. The van der Waals surface area contributed by atoms with Gasteiger partial charge in [0, 0.05) is 6.92 Å². The second-order valence-corrected chi connectivity index (χ2v) is 13.7. The van der Waals surface area contributed by atoms with Gasteiger partial charge in [-0.05, 0) is 57.3 Å². The molecule has 0 N–H and O–H groups in total. The van der Waals surface area contributed by atoms with Gasteiger partial charge in [-0.1, -0.05) is 17.7 Å². The van der Waals surface area contributed by atoms with Gasteiger partial charge in [0.2, 0.25) is 10.0 Å². The van der Waals surface area contributed by atoms with E-state index in [2.05, 4.69) is 0 Å². The molecule has 10 heteroatoms. The van der Waals surface area contributed by atoms with Gasteiger partial charge in [0.15, 0.2) is 5.79 Å². The van der Waals surface area contributed by atoms with Crippen molar-refractivity contribution in [3.8, 4) is 0 Å². The molecule has 32 heavy (non-hydrogen) atoms. The first kappa shape index (κ1) is 24.3. The summed E-state index contributed by atoms with van der Waals surface area (Å²) in [5.41, 5.74) is 0.987. The van der Waals surface area contributed by atoms with E-state index in [1.54, 1.807) is 24.3 Å². The number of carbonyl (C=O) groups excluding carboxylic acids is 1. The monoisotopic (exact) mass is 501 g/mol. The van der Waals surface area contributed by atoms with Crippen LogP contribution in [0.4, 0.5) is 0 Å². The summed E-state index contributed by atoms with van der Waals surface area (Å²) < 4.78 is 47.3. The molecule has 178 valence electrons. The van der Waals surface area contributed by atoms with Crippen molar-refractivity contribution in [3.63, 3.8) is 0 Å². The fraction of sp³-hybridized carbons (Fsp3) is 0.682. The number of hydrogen-bond acceptors (Lipinski definition) is 8. The lowest BCUT2D eigenvalue weighted by atomic mass is 9.94. The Balaban J connectivity index is 1.72. The average Bonchev–Trinajstić information content (AvgIpc) is 3.06. The van der Waals surface area contributed by atoms with E-state index in [-0.39, 0.29) is 16.0 Å². The van der Waals surface area contributed by atoms with Crippen molar-refractivity contribution in [1.82, 2.24) is 4.31 Å². The number of sulfonamides is 1. The van der Waals surface area contributed by atoms with E-state index in [4.69, 9.17) is 14.2 Å². The molecule has 1 aromatic carbocycles. The number of hydrogen-bond donors (Lipinski definition) is 0. The number of carbonyl (C=O) groups is 1. The van der Waals surface area contributed by atoms with Crippen LogP contribution in [0.1, 0.15) is 39.2 Å². The number of piperidine rings is 1. The zero-order chi connectivity index (χ0) is 23.1. The Morgan fingerprint density at radius 2 is 1.78 bits per heavy atom. The summed E-state index contributed by atoms with van der Waals surface area (Å²) >= 11 is 3.75. The van der Waals surface area contributed by atoms with Gasteiger partial charge in [0.05, 0.1) is 22.1 Å².